The van der Waals surface area contributed by atoms with Gasteiger partial charge >= 0.3 is 0 Å². The fourth-order valence-electron chi connectivity index (χ4n) is 3.22. The van der Waals surface area contributed by atoms with Crippen LogP contribution in [0, 0.1) is 17.0 Å². The van der Waals surface area contributed by atoms with Crippen molar-refractivity contribution < 1.29 is 13.3 Å². The molecule has 0 radical (unpaired) electrons. The molecule has 1 saturated heterocycles. The summed E-state index contributed by atoms with van der Waals surface area (Å²) in [4.78, 5) is 20.8. The molecular formula is C18H19N7O4S. The summed E-state index contributed by atoms with van der Waals surface area (Å²) in [6, 6.07) is 8.62. The number of anilines is 1. The minimum Gasteiger partial charge on any atom is -0.354 e. The fraction of sp³-hybridized carbons (Fsp3) is 0.278. The summed E-state index contributed by atoms with van der Waals surface area (Å²) >= 11 is 0. The Balaban J connectivity index is 1.46. The number of non-ortho nitro benzene ring substituents is 1. The average molecular weight is 429 g/mol. The molecule has 0 amide bonds. The molecule has 1 aromatic carbocycles. The lowest BCUT2D eigenvalue weighted by Crippen LogP contribution is -2.48. The topological polar surface area (TPSA) is 127 Å². The summed E-state index contributed by atoms with van der Waals surface area (Å²) in [6.07, 6.45) is 3.28. The summed E-state index contributed by atoms with van der Waals surface area (Å²) in [6.45, 7) is 3.36. The van der Waals surface area contributed by atoms with E-state index in [2.05, 4.69) is 15.1 Å². The molecule has 0 spiro atoms. The van der Waals surface area contributed by atoms with E-state index in [0.29, 0.717) is 24.7 Å². The van der Waals surface area contributed by atoms with Crippen LogP contribution in [0.25, 0.3) is 5.82 Å². The molecule has 0 aliphatic carbocycles. The van der Waals surface area contributed by atoms with E-state index in [1.807, 2.05) is 30.2 Å². The Hall–Kier alpha value is -3.38. The summed E-state index contributed by atoms with van der Waals surface area (Å²) in [5, 5.41) is 15.1. The van der Waals surface area contributed by atoms with Gasteiger partial charge in [-0.3, -0.25) is 10.1 Å². The van der Waals surface area contributed by atoms with Gasteiger partial charge < -0.3 is 4.90 Å². The van der Waals surface area contributed by atoms with Gasteiger partial charge in [-0.15, -0.1) is 0 Å². The molecule has 0 atom stereocenters. The molecule has 3 heterocycles. The molecule has 0 bridgehead atoms. The molecule has 1 fully saturated rings. The standard InChI is InChI=1S/C18H19N7O4S/c1-14-6-7-24(21-14)18-12-17(19-13-20-18)22-8-10-23(11-9-22)30(28,29)16-4-2-15(3-5-16)25(26)27/h2-7,12-13H,8-11H2,1H3. The van der Waals surface area contributed by atoms with Gasteiger partial charge in [0.1, 0.15) is 12.1 Å². The summed E-state index contributed by atoms with van der Waals surface area (Å²) in [5.74, 6) is 1.33. The molecule has 11 nitrogen and oxygen atoms in total. The van der Waals surface area contributed by atoms with Crippen molar-refractivity contribution in [2.75, 3.05) is 31.1 Å². The Morgan fingerprint density at radius 1 is 1.00 bits per heavy atom. The zero-order valence-electron chi connectivity index (χ0n) is 16.1. The minimum absolute atomic E-state index is 0.0416. The van der Waals surface area contributed by atoms with Crippen LogP contribution in [0.15, 0.2) is 53.8 Å². The summed E-state index contributed by atoms with van der Waals surface area (Å²) in [5.41, 5.74) is 0.728. The van der Waals surface area contributed by atoms with Crippen molar-refractivity contribution in [3.05, 3.63) is 64.7 Å². The van der Waals surface area contributed by atoms with Crippen molar-refractivity contribution in [3.63, 3.8) is 0 Å². The number of aryl methyl sites for hydroxylation is 1. The highest BCUT2D eigenvalue weighted by molar-refractivity contribution is 7.89. The highest BCUT2D eigenvalue weighted by atomic mass is 32.2. The van der Waals surface area contributed by atoms with Gasteiger partial charge in [-0.05, 0) is 25.1 Å². The Bertz CT molecular complexity index is 1170. The first kappa shape index (κ1) is 19.9. The second kappa shape index (κ2) is 7.80. The quantitative estimate of drug-likeness (QED) is 0.440. The van der Waals surface area contributed by atoms with E-state index >= 15 is 0 Å². The Labute approximate surface area is 172 Å². The fourth-order valence-corrected chi connectivity index (χ4v) is 4.65. The number of hydrogen-bond acceptors (Lipinski definition) is 8. The number of sulfonamides is 1. The van der Waals surface area contributed by atoms with Gasteiger partial charge in [0.05, 0.1) is 15.5 Å². The highest BCUT2D eigenvalue weighted by Gasteiger charge is 2.29. The van der Waals surface area contributed by atoms with Crippen molar-refractivity contribution in [3.8, 4) is 5.82 Å². The number of piperazine rings is 1. The molecule has 1 aliphatic rings. The van der Waals surface area contributed by atoms with Crippen molar-refractivity contribution in [2.24, 2.45) is 0 Å². The lowest BCUT2D eigenvalue weighted by atomic mass is 10.3. The van der Waals surface area contributed by atoms with Crippen LogP contribution in [-0.2, 0) is 10.0 Å². The molecule has 12 heteroatoms. The predicted octanol–water partition coefficient (Wildman–Crippen LogP) is 1.39. The molecular weight excluding hydrogens is 410 g/mol. The number of nitro benzene ring substituents is 1. The van der Waals surface area contributed by atoms with Crippen molar-refractivity contribution in [2.45, 2.75) is 11.8 Å². The molecule has 0 unspecified atom stereocenters. The number of nitrogens with zero attached hydrogens (tertiary/aromatic N) is 7. The van der Waals surface area contributed by atoms with Gasteiger partial charge in [0, 0.05) is 50.6 Å². The average Bonchev–Trinajstić information content (AvgIpc) is 3.20. The van der Waals surface area contributed by atoms with E-state index < -0.39 is 14.9 Å². The van der Waals surface area contributed by atoms with Crippen LogP contribution in [0.1, 0.15) is 5.69 Å². The number of nitro groups is 1. The normalized spacial score (nSPS) is 15.3. The maximum absolute atomic E-state index is 12.9. The molecule has 0 N–H and O–H groups in total. The van der Waals surface area contributed by atoms with E-state index in [-0.39, 0.29) is 23.7 Å². The van der Waals surface area contributed by atoms with Crippen LogP contribution in [0.3, 0.4) is 0 Å². The third-order valence-corrected chi connectivity index (χ3v) is 6.76. The molecule has 3 aromatic rings. The first-order chi connectivity index (χ1) is 14.3. The largest absolute Gasteiger partial charge is 0.354 e. The van der Waals surface area contributed by atoms with Gasteiger partial charge in [0.25, 0.3) is 5.69 Å². The molecule has 156 valence electrons. The van der Waals surface area contributed by atoms with E-state index in [9.17, 15) is 18.5 Å². The van der Waals surface area contributed by atoms with Crippen LogP contribution in [0.2, 0.25) is 0 Å². The Morgan fingerprint density at radius 3 is 2.27 bits per heavy atom. The SMILES string of the molecule is Cc1ccn(-c2cc(N3CCN(S(=O)(=O)c4ccc([N+](=O)[O-])cc4)CC3)ncn2)n1. The van der Waals surface area contributed by atoms with E-state index in [0.717, 1.165) is 5.69 Å². The third kappa shape index (κ3) is 3.86. The maximum atomic E-state index is 12.9. The Morgan fingerprint density at radius 2 is 1.67 bits per heavy atom. The second-order valence-corrected chi connectivity index (χ2v) is 8.72. The molecule has 30 heavy (non-hydrogen) atoms. The van der Waals surface area contributed by atoms with Gasteiger partial charge in [-0.1, -0.05) is 0 Å². The Kier molecular flexibility index (Phi) is 5.18. The van der Waals surface area contributed by atoms with E-state index in [1.165, 1.54) is 34.9 Å². The lowest BCUT2D eigenvalue weighted by Gasteiger charge is -2.34. The number of hydrogen-bond donors (Lipinski definition) is 0. The summed E-state index contributed by atoms with van der Waals surface area (Å²) in [7, 11) is -3.72. The van der Waals surface area contributed by atoms with Crippen LogP contribution in [-0.4, -0.2) is 63.6 Å². The molecule has 2 aromatic heterocycles. The smallest absolute Gasteiger partial charge is 0.269 e. The lowest BCUT2D eigenvalue weighted by molar-refractivity contribution is -0.384. The third-order valence-electron chi connectivity index (χ3n) is 4.84. The van der Waals surface area contributed by atoms with Crippen molar-refractivity contribution in [1.82, 2.24) is 24.1 Å². The number of aromatic nitrogens is 4. The van der Waals surface area contributed by atoms with E-state index in [1.54, 1.807) is 4.68 Å². The zero-order valence-corrected chi connectivity index (χ0v) is 16.9. The van der Waals surface area contributed by atoms with Crippen LogP contribution >= 0.6 is 0 Å². The highest BCUT2D eigenvalue weighted by Crippen LogP contribution is 2.22. The predicted molar refractivity (Wildman–Crippen MR) is 108 cm³/mol. The number of rotatable bonds is 5. The van der Waals surface area contributed by atoms with Crippen LogP contribution in [0.4, 0.5) is 11.5 Å². The van der Waals surface area contributed by atoms with Crippen molar-refractivity contribution >= 4 is 21.5 Å². The zero-order chi connectivity index (χ0) is 21.3. The molecule has 0 saturated carbocycles. The van der Waals surface area contributed by atoms with Crippen molar-refractivity contribution in [1.29, 1.82) is 0 Å². The van der Waals surface area contributed by atoms with Gasteiger partial charge in [0.15, 0.2) is 5.82 Å². The van der Waals surface area contributed by atoms with Gasteiger partial charge in [-0.25, -0.2) is 23.1 Å². The monoisotopic (exact) mass is 429 g/mol. The minimum atomic E-state index is -3.72. The maximum Gasteiger partial charge on any atom is 0.269 e. The van der Waals surface area contributed by atoms with Gasteiger partial charge in [-0.2, -0.15) is 9.40 Å². The summed E-state index contributed by atoms with van der Waals surface area (Å²) < 4.78 is 28.7. The number of benzene rings is 1. The second-order valence-electron chi connectivity index (χ2n) is 6.78. The van der Waals surface area contributed by atoms with Crippen LogP contribution < -0.4 is 4.90 Å². The van der Waals surface area contributed by atoms with Crippen LogP contribution in [0.5, 0.6) is 0 Å². The molecule has 1 aliphatic heterocycles. The first-order valence-corrected chi connectivity index (χ1v) is 10.6. The van der Waals surface area contributed by atoms with Gasteiger partial charge in [0.2, 0.25) is 10.0 Å². The first-order valence-electron chi connectivity index (χ1n) is 9.19. The van der Waals surface area contributed by atoms with E-state index in [4.69, 9.17) is 0 Å². The molecule has 4 rings (SSSR count).